The average molecular weight is 518 g/mol. The molecule has 1 fully saturated rings. The molecule has 0 saturated carbocycles. The van der Waals surface area contributed by atoms with Crippen molar-refractivity contribution >= 4 is 11.9 Å². The van der Waals surface area contributed by atoms with E-state index in [-0.39, 0.29) is 25.0 Å². The van der Waals surface area contributed by atoms with Crippen LogP contribution < -0.4 is 9.47 Å². The highest BCUT2D eigenvalue weighted by Crippen LogP contribution is 2.40. The number of amides is 1. The molecule has 0 bridgehead atoms. The van der Waals surface area contributed by atoms with Gasteiger partial charge in [-0.15, -0.1) is 0 Å². The minimum absolute atomic E-state index is 0.0891. The van der Waals surface area contributed by atoms with Crippen molar-refractivity contribution in [2.45, 2.75) is 44.2 Å². The van der Waals surface area contributed by atoms with Gasteiger partial charge in [-0.1, -0.05) is 66.7 Å². The molecule has 1 amide bonds. The van der Waals surface area contributed by atoms with Gasteiger partial charge in [0, 0.05) is 25.1 Å². The fourth-order valence-electron chi connectivity index (χ4n) is 4.99. The number of carbonyl (C=O) groups is 2. The molecule has 2 aliphatic heterocycles. The van der Waals surface area contributed by atoms with Crippen molar-refractivity contribution in [1.29, 1.82) is 0 Å². The van der Waals surface area contributed by atoms with E-state index >= 15 is 0 Å². The number of carboxylic acid groups (broad SMARTS) is 1. The first kappa shape index (κ1) is 25.8. The van der Waals surface area contributed by atoms with E-state index in [4.69, 9.17) is 18.9 Å². The predicted molar refractivity (Wildman–Crippen MR) is 139 cm³/mol. The summed E-state index contributed by atoms with van der Waals surface area (Å²) in [6.45, 7) is 1.40. The Hall–Kier alpha value is -3.88. The summed E-state index contributed by atoms with van der Waals surface area (Å²) in [4.78, 5) is 27.9. The minimum atomic E-state index is -1.09. The van der Waals surface area contributed by atoms with Gasteiger partial charge >= 0.3 is 5.97 Å². The fraction of sp³-hybridized carbons (Fsp3) is 0.333. The van der Waals surface area contributed by atoms with Crippen LogP contribution in [-0.4, -0.2) is 54.4 Å². The zero-order valence-corrected chi connectivity index (χ0v) is 21.2. The summed E-state index contributed by atoms with van der Waals surface area (Å²) in [5.74, 6) is -0.443. The van der Waals surface area contributed by atoms with E-state index in [9.17, 15) is 14.7 Å². The molecule has 38 heavy (non-hydrogen) atoms. The van der Waals surface area contributed by atoms with E-state index in [1.54, 1.807) is 13.2 Å². The summed E-state index contributed by atoms with van der Waals surface area (Å²) >= 11 is 0. The third-order valence-corrected chi connectivity index (χ3v) is 6.99. The third kappa shape index (κ3) is 5.51. The van der Waals surface area contributed by atoms with E-state index in [0.29, 0.717) is 43.3 Å². The number of aliphatic carboxylic acids is 1. The molecule has 3 aromatic carbocycles. The highest BCUT2D eigenvalue weighted by molar-refractivity contribution is 5.88. The molecule has 8 nitrogen and oxygen atoms in total. The van der Waals surface area contributed by atoms with Crippen LogP contribution in [0.5, 0.6) is 11.5 Å². The van der Waals surface area contributed by atoms with Gasteiger partial charge in [0.2, 0.25) is 0 Å². The lowest BCUT2D eigenvalue weighted by molar-refractivity contribution is -0.160. The summed E-state index contributed by atoms with van der Waals surface area (Å²) in [6, 6.07) is 21.5. The number of nitrogens with zero attached hydrogens (tertiary/aromatic N) is 1. The monoisotopic (exact) mass is 517 g/mol. The van der Waals surface area contributed by atoms with Crippen LogP contribution in [0.25, 0.3) is 0 Å². The number of methoxy groups -OCH3 is 1. The maximum absolute atomic E-state index is 14.0. The normalized spacial score (nSPS) is 19.4. The quantitative estimate of drug-likeness (QED) is 0.456. The Labute approximate surface area is 221 Å². The zero-order valence-electron chi connectivity index (χ0n) is 21.2. The number of ether oxygens (including phenoxy) is 4. The Kier molecular flexibility index (Phi) is 7.91. The van der Waals surface area contributed by atoms with Crippen molar-refractivity contribution in [3.63, 3.8) is 0 Å². The average Bonchev–Trinajstić information content (AvgIpc) is 3.48. The van der Waals surface area contributed by atoms with Gasteiger partial charge in [-0.2, -0.15) is 0 Å². The third-order valence-electron chi connectivity index (χ3n) is 6.99. The van der Waals surface area contributed by atoms with Crippen molar-refractivity contribution in [3.8, 4) is 11.5 Å². The molecule has 3 aromatic rings. The second-order valence-corrected chi connectivity index (χ2v) is 9.45. The van der Waals surface area contributed by atoms with Crippen molar-refractivity contribution < 1.29 is 33.6 Å². The number of benzene rings is 3. The zero-order chi connectivity index (χ0) is 26.5. The summed E-state index contributed by atoms with van der Waals surface area (Å²) < 4.78 is 23.4. The highest BCUT2D eigenvalue weighted by Gasteiger charge is 2.41. The lowest BCUT2D eigenvalue weighted by Gasteiger charge is -2.37. The van der Waals surface area contributed by atoms with Crippen LogP contribution in [0, 0.1) is 0 Å². The van der Waals surface area contributed by atoms with E-state index < -0.39 is 18.1 Å². The first-order valence-electron chi connectivity index (χ1n) is 12.7. The molecule has 0 spiro atoms. The molecular weight excluding hydrogens is 486 g/mol. The van der Waals surface area contributed by atoms with Crippen molar-refractivity contribution in [1.82, 2.24) is 4.90 Å². The first-order valence-corrected chi connectivity index (χ1v) is 12.7. The Morgan fingerprint density at radius 1 is 1.05 bits per heavy atom. The topological polar surface area (TPSA) is 94.5 Å². The van der Waals surface area contributed by atoms with Crippen LogP contribution in [0.2, 0.25) is 0 Å². The summed E-state index contributed by atoms with van der Waals surface area (Å²) in [5.41, 5.74) is 3.21. The smallest absolute Gasteiger partial charge is 0.326 e. The van der Waals surface area contributed by atoms with Gasteiger partial charge in [0.05, 0.1) is 19.8 Å². The largest absolute Gasteiger partial charge is 0.493 e. The molecule has 0 radical (unpaired) electrons. The van der Waals surface area contributed by atoms with Crippen LogP contribution in [0.4, 0.5) is 0 Å². The van der Waals surface area contributed by atoms with Gasteiger partial charge < -0.3 is 29.0 Å². The van der Waals surface area contributed by atoms with Crippen LogP contribution in [0.3, 0.4) is 0 Å². The Morgan fingerprint density at radius 3 is 2.45 bits per heavy atom. The second kappa shape index (κ2) is 11.7. The summed E-state index contributed by atoms with van der Waals surface area (Å²) in [5, 5.41) is 10.2. The molecule has 198 valence electrons. The summed E-state index contributed by atoms with van der Waals surface area (Å²) in [6.07, 6.45) is -0.389. The SMILES string of the molecule is COc1ccc2c(c1OCc1ccccc1)C[C@@H](C(=O)O)N(C(=O)[C@H](O[C@H]1CCOC1)c1ccccc1)C2. The van der Waals surface area contributed by atoms with Crippen molar-refractivity contribution in [2.75, 3.05) is 20.3 Å². The molecule has 5 rings (SSSR count). The molecule has 2 aliphatic rings. The standard InChI is InChI=1S/C30H31NO7/c1-35-26-13-12-22-17-31(29(32)27(21-10-6-3-7-11-21)38-23-14-15-36-19-23)25(30(33)34)16-24(22)28(26)37-18-20-8-4-2-5-9-20/h2-13,23,25,27H,14-19H2,1H3,(H,33,34)/t23-,25-,27+/m0/s1. The molecule has 2 heterocycles. The second-order valence-electron chi connectivity index (χ2n) is 9.45. The molecule has 8 heteroatoms. The van der Waals surface area contributed by atoms with Crippen molar-refractivity contribution in [3.05, 3.63) is 95.1 Å². The number of hydrogen-bond acceptors (Lipinski definition) is 6. The van der Waals surface area contributed by atoms with Crippen molar-refractivity contribution in [2.24, 2.45) is 0 Å². The minimum Gasteiger partial charge on any atom is -0.493 e. The maximum Gasteiger partial charge on any atom is 0.326 e. The molecule has 1 N–H and O–H groups in total. The Morgan fingerprint density at radius 2 is 1.79 bits per heavy atom. The number of rotatable bonds is 9. The molecule has 1 saturated heterocycles. The first-order chi connectivity index (χ1) is 18.5. The highest BCUT2D eigenvalue weighted by atomic mass is 16.6. The number of fused-ring (bicyclic) bond motifs is 1. The van der Waals surface area contributed by atoms with Crippen LogP contribution in [0.15, 0.2) is 72.8 Å². The van der Waals surface area contributed by atoms with E-state index in [1.807, 2.05) is 66.7 Å². The Bertz CT molecular complexity index is 1260. The predicted octanol–water partition coefficient (Wildman–Crippen LogP) is 4.16. The van der Waals surface area contributed by atoms with Crippen LogP contribution >= 0.6 is 0 Å². The maximum atomic E-state index is 14.0. The number of carboxylic acids is 1. The van der Waals surface area contributed by atoms with Gasteiger partial charge in [-0.25, -0.2) is 4.79 Å². The van der Waals surface area contributed by atoms with E-state index in [2.05, 4.69) is 0 Å². The van der Waals surface area contributed by atoms with E-state index in [1.165, 1.54) is 4.90 Å². The molecule has 3 atom stereocenters. The van der Waals surface area contributed by atoms with Gasteiger partial charge in [-0.3, -0.25) is 4.79 Å². The summed E-state index contributed by atoms with van der Waals surface area (Å²) in [7, 11) is 1.55. The van der Waals surface area contributed by atoms with Gasteiger partial charge in [0.1, 0.15) is 12.6 Å². The number of hydrogen-bond donors (Lipinski definition) is 1. The number of carbonyl (C=O) groups excluding carboxylic acids is 1. The van der Waals surface area contributed by atoms with Gasteiger partial charge in [-0.05, 0) is 29.2 Å². The molecule has 0 aromatic heterocycles. The molecule has 0 aliphatic carbocycles. The van der Waals surface area contributed by atoms with Gasteiger partial charge in [0.15, 0.2) is 17.6 Å². The van der Waals surface area contributed by atoms with Crippen LogP contribution in [-0.2, 0) is 38.6 Å². The van der Waals surface area contributed by atoms with E-state index in [0.717, 1.165) is 16.7 Å². The molecular formula is C30H31NO7. The molecule has 0 unspecified atom stereocenters. The Balaban J connectivity index is 1.46. The van der Waals surface area contributed by atoms with Gasteiger partial charge in [0.25, 0.3) is 5.91 Å². The lowest BCUT2D eigenvalue weighted by Crippen LogP contribution is -2.51. The van der Waals surface area contributed by atoms with Crippen LogP contribution in [0.1, 0.15) is 34.8 Å². The fourth-order valence-corrected chi connectivity index (χ4v) is 4.99. The lowest BCUT2D eigenvalue weighted by atomic mass is 9.91.